The van der Waals surface area contributed by atoms with Crippen molar-refractivity contribution in [2.75, 3.05) is 5.73 Å². The first-order chi connectivity index (χ1) is 8.06. The molecule has 1 aromatic carbocycles. The van der Waals surface area contributed by atoms with Gasteiger partial charge in [-0.1, -0.05) is 12.1 Å². The van der Waals surface area contributed by atoms with Crippen LogP contribution in [0.25, 0.3) is 0 Å². The van der Waals surface area contributed by atoms with E-state index >= 15 is 0 Å². The van der Waals surface area contributed by atoms with E-state index in [-0.39, 0.29) is 18.3 Å². The van der Waals surface area contributed by atoms with Gasteiger partial charge in [-0.2, -0.15) is 0 Å². The molecule has 0 amide bonds. The van der Waals surface area contributed by atoms with Gasteiger partial charge >= 0.3 is 0 Å². The molecule has 1 aliphatic rings. The van der Waals surface area contributed by atoms with Crippen LogP contribution in [0, 0.1) is 6.92 Å². The second-order valence-corrected chi connectivity index (χ2v) is 4.96. The highest BCUT2D eigenvalue weighted by atomic mass is 16.5. The van der Waals surface area contributed by atoms with E-state index in [2.05, 4.69) is 13.8 Å². The Bertz CT molecular complexity index is 382. The number of aryl methyl sites for hydroxylation is 1. The van der Waals surface area contributed by atoms with Crippen LogP contribution in [-0.2, 0) is 4.74 Å². The Morgan fingerprint density at radius 2 is 1.88 bits per heavy atom. The maximum absolute atomic E-state index is 6.01. The minimum absolute atomic E-state index is 0.206. The Hall–Kier alpha value is -1.22. The second kappa shape index (κ2) is 4.96. The van der Waals surface area contributed by atoms with Gasteiger partial charge in [0.25, 0.3) is 0 Å². The van der Waals surface area contributed by atoms with Gasteiger partial charge in [-0.3, -0.25) is 0 Å². The molecule has 0 aliphatic carbocycles. The average molecular weight is 235 g/mol. The minimum Gasteiger partial charge on any atom is -0.488 e. The van der Waals surface area contributed by atoms with E-state index < -0.39 is 0 Å². The molecule has 1 fully saturated rings. The van der Waals surface area contributed by atoms with Crippen molar-refractivity contribution >= 4 is 5.69 Å². The van der Waals surface area contributed by atoms with Gasteiger partial charge in [0.1, 0.15) is 11.9 Å². The standard InChI is InChI=1S/C14H21NO2/c1-9-5-4-6-13(14(9)15)17-12-7-10(2)16-11(3)8-12/h4-6,10-12H,7-8,15H2,1-3H3. The van der Waals surface area contributed by atoms with Gasteiger partial charge in [0.15, 0.2) is 0 Å². The summed E-state index contributed by atoms with van der Waals surface area (Å²) >= 11 is 0. The van der Waals surface area contributed by atoms with Crippen molar-refractivity contribution in [1.82, 2.24) is 0 Å². The summed E-state index contributed by atoms with van der Waals surface area (Å²) in [5, 5.41) is 0. The van der Waals surface area contributed by atoms with Gasteiger partial charge in [-0.05, 0) is 32.4 Å². The lowest BCUT2D eigenvalue weighted by Gasteiger charge is -2.32. The van der Waals surface area contributed by atoms with Crippen LogP contribution in [0.1, 0.15) is 32.3 Å². The number of rotatable bonds is 2. The molecule has 17 heavy (non-hydrogen) atoms. The Morgan fingerprint density at radius 1 is 1.24 bits per heavy atom. The lowest BCUT2D eigenvalue weighted by Crippen LogP contribution is -2.35. The lowest BCUT2D eigenvalue weighted by atomic mass is 10.0. The van der Waals surface area contributed by atoms with Gasteiger partial charge in [0, 0.05) is 12.8 Å². The van der Waals surface area contributed by atoms with Crippen LogP contribution >= 0.6 is 0 Å². The first-order valence-electron chi connectivity index (χ1n) is 6.23. The first kappa shape index (κ1) is 12.2. The van der Waals surface area contributed by atoms with Gasteiger partial charge in [-0.25, -0.2) is 0 Å². The predicted molar refractivity (Wildman–Crippen MR) is 69.3 cm³/mol. The molecule has 1 saturated heterocycles. The fourth-order valence-corrected chi connectivity index (χ4v) is 2.38. The number of hydrogen-bond donors (Lipinski definition) is 1. The van der Waals surface area contributed by atoms with Crippen molar-refractivity contribution in [1.29, 1.82) is 0 Å². The van der Waals surface area contributed by atoms with E-state index in [1.54, 1.807) is 0 Å². The summed E-state index contributed by atoms with van der Waals surface area (Å²) in [5.41, 5.74) is 7.83. The highest BCUT2D eigenvalue weighted by Crippen LogP contribution is 2.29. The van der Waals surface area contributed by atoms with Crippen LogP contribution in [-0.4, -0.2) is 18.3 Å². The molecule has 3 heteroatoms. The fourth-order valence-electron chi connectivity index (χ4n) is 2.38. The monoisotopic (exact) mass is 235 g/mol. The Balaban J connectivity index is 2.07. The molecule has 2 N–H and O–H groups in total. The van der Waals surface area contributed by atoms with E-state index in [1.165, 1.54) is 0 Å². The van der Waals surface area contributed by atoms with Gasteiger partial charge in [-0.15, -0.1) is 0 Å². The number of benzene rings is 1. The summed E-state index contributed by atoms with van der Waals surface area (Å²) in [5.74, 6) is 0.802. The molecule has 94 valence electrons. The topological polar surface area (TPSA) is 44.5 Å². The molecule has 1 aliphatic heterocycles. The molecule has 0 spiro atoms. The van der Waals surface area contributed by atoms with Crippen molar-refractivity contribution in [3.05, 3.63) is 23.8 Å². The Morgan fingerprint density at radius 3 is 2.53 bits per heavy atom. The number of anilines is 1. The number of ether oxygens (including phenoxy) is 2. The Labute approximate surface area is 103 Å². The van der Waals surface area contributed by atoms with Crippen LogP contribution < -0.4 is 10.5 Å². The van der Waals surface area contributed by atoms with E-state index in [9.17, 15) is 0 Å². The summed E-state index contributed by atoms with van der Waals surface area (Å²) in [6.07, 6.45) is 2.58. The van der Waals surface area contributed by atoms with Crippen molar-refractivity contribution in [3.8, 4) is 5.75 Å². The number of hydrogen-bond acceptors (Lipinski definition) is 3. The molecular weight excluding hydrogens is 214 g/mol. The summed E-state index contributed by atoms with van der Waals surface area (Å²) in [6.45, 7) is 6.18. The molecule has 1 aromatic rings. The van der Waals surface area contributed by atoms with Gasteiger partial charge < -0.3 is 15.2 Å². The molecule has 2 atom stereocenters. The van der Waals surface area contributed by atoms with Crippen molar-refractivity contribution in [2.24, 2.45) is 0 Å². The van der Waals surface area contributed by atoms with Crippen LogP contribution in [0.4, 0.5) is 5.69 Å². The third-order valence-corrected chi connectivity index (χ3v) is 3.23. The second-order valence-electron chi connectivity index (χ2n) is 4.96. The molecule has 1 heterocycles. The molecule has 0 aromatic heterocycles. The minimum atomic E-state index is 0.206. The quantitative estimate of drug-likeness (QED) is 0.802. The molecule has 2 unspecified atom stereocenters. The van der Waals surface area contributed by atoms with E-state index in [0.717, 1.165) is 29.8 Å². The lowest BCUT2D eigenvalue weighted by molar-refractivity contribution is -0.0720. The molecule has 2 rings (SSSR count). The third kappa shape index (κ3) is 2.91. The molecule has 3 nitrogen and oxygen atoms in total. The van der Waals surface area contributed by atoms with Crippen molar-refractivity contribution < 1.29 is 9.47 Å². The summed E-state index contributed by atoms with van der Waals surface area (Å²) < 4.78 is 11.7. The predicted octanol–water partition coefficient (Wildman–Crippen LogP) is 2.91. The largest absolute Gasteiger partial charge is 0.488 e. The summed E-state index contributed by atoms with van der Waals surface area (Å²) in [4.78, 5) is 0. The maximum Gasteiger partial charge on any atom is 0.142 e. The fraction of sp³-hybridized carbons (Fsp3) is 0.571. The highest BCUT2D eigenvalue weighted by molar-refractivity contribution is 5.57. The SMILES string of the molecule is Cc1cccc(OC2CC(C)OC(C)C2)c1N. The normalized spacial score (nSPS) is 29.0. The molecule has 0 radical (unpaired) electrons. The summed E-state index contributed by atoms with van der Waals surface area (Å²) in [7, 11) is 0. The van der Waals surface area contributed by atoms with E-state index in [4.69, 9.17) is 15.2 Å². The summed E-state index contributed by atoms with van der Waals surface area (Å²) in [6, 6.07) is 5.91. The number of nitrogens with two attached hydrogens (primary N) is 1. The van der Waals surface area contributed by atoms with Gasteiger partial charge in [0.2, 0.25) is 0 Å². The van der Waals surface area contributed by atoms with E-state index in [1.807, 2.05) is 25.1 Å². The first-order valence-corrected chi connectivity index (χ1v) is 6.23. The zero-order valence-electron chi connectivity index (χ0n) is 10.8. The zero-order chi connectivity index (χ0) is 12.4. The van der Waals surface area contributed by atoms with Crippen LogP contribution in [0.15, 0.2) is 18.2 Å². The third-order valence-electron chi connectivity index (χ3n) is 3.23. The van der Waals surface area contributed by atoms with Crippen LogP contribution in [0.2, 0.25) is 0 Å². The molecular formula is C14H21NO2. The maximum atomic E-state index is 6.01. The number of para-hydroxylation sites is 1. The van der Waals surface area contributed by atoms with Gasteiger partial charge in [0.05, 0.1) is 17.9 Å². The smallest absolute Gasteiger partial charge is 0.142 e. The van der Waals surface area contributed by atoms with Crippen LogP contribution in [0.3, 0.4) is 0 Å². The molecule has 0 saturated carbocycles. The Kier molecular flexibility index (Phi) is 3.57. The molecule has 0 bridgehead atoms. The average Bonchev–Trinajstić information content (AvgIpc) is 2.23. The van der Waals surface area contributed by atoms with Crippen molar-refractivity contribution in [3.63, 3.8) is 0 Å². The zero-order valence-corrected chi connectivity index (χ0v) is 10.8. The van der Waals surface area contributed by atoms with Crippen molar-refractivity contribution in [2.45, 2.75) is 51.9 Å². The number of nitrogen functional groups attached to an aromatic ring is 1. The van der Waals surface area contributed by atoms with E-state index in [0.29, 0.717) is 0 Å². The highest BCUT2D eigenvalue weighted by Gasteiger charge is 2.26. The van der Waals surface area contributed by atoms with Crippen LogP contribution in [0.5, 0.6) is 5.75 Å².